The Balaban J connectivity index is 2.19. The topological polar surface area (TPSA) is 12.0 Å². The fourth-order valence-corrected chi connectivity index (χ4v) is 2.29. The van der Waals surface area contributed by atoms with Crippen molar-refractivity contribution in [2.24, 2.45) is 0 Å². The van der Waals surface area contributed by atoms with E-state index < -0.39 is 0 Å². The molecule has 0 saturated carbocycles. The molecule has 1 unspecified atom stereocenters. The molecular formula is C18H21N. The molecule has 1 heteroatoms. The van der Waals surface area contributed by atoms with E-state index in [0.717, 1.165) is 13.0 Å². The number of hydrogen-bond acceptors (Lipinski definition) is 1. The lowest BCUT2D eigenvalue weighted by atomic mass is 9.99. The van der Waals surface area contributed by atoms with Crippen LogP contribution in [-0.4, -0.2) is 6.54 Å². The molecule has 0 spiro atoms. The Morgan fingerprint density at radius 1 is 1.00 bits per heavy atom. The van der Waals surface area contributed by atoms with Crippen molar-refractivity contribution < 1.29 is 0 Å². The Kier molecular flexibility index (Phi) is 4.93. The summed E-state index contributed by atoms with van der Waals surface area (Å²) in [7, 11) is 0. The lowest BCUT2D eigenvalue weighted by Crippen LogP contribution is -2.20. The third kappa shape index (κ3) is 3.55. The molecule has 19 heavy (non-hydrogen) atoms. The van der Waals surface area contributed by atoms with E-state index in [-0.39, 0.29) is 0 Å². The van der Waals surface area contributed by atoms with E-state index in [4.69, 9.17) is 0 Å². The van der Waals surface area contributed by atoms with Gasteiger partial charge in [-0.25, -0.2) is 0 Å². The average Bonchev–Trinajstić information content (AvgIpc) is 2.48. The lowest BCUT2D eigenvalue weighted by molar-refractivity contribution is 0.559. The Labute approximate surface area is 116 Å². The van der Waals surface area contributed by atoms with Gasteiger partial charge in [0.15, 0.2) is 0 Å². The first-order valence-corrected chi connectivity index (χ1v) is 6.84. The monoisotopic (exact) mass is 251 g/mol. The summed E-state index contributed by atoms with van der Waals surface area (Å²) in [6.45, 7) is 6.94. The fraction of sp³-hybridized carbons (Fsp3) is 0.222. The van der Waals surface area contributed by atoms with Crippen molar-refractivity contribution in [1.29, 1.82) is 0 Å². The minimum atomic E-state index is 0.368. The van der Waals surface area contributed by atoms with Crippen LogP contribution in [0.1, 0.15) is 24.9 Å². The Bertz CT molecular complexity index is 499. The predicted octanol–water partition coefficient (Wildman–Crippen LogP) is 4.58. The van der Waals surface area contributed by atoms with E-state index in [1.807, 2.05) is 12.1 Å². The summed E-state index contributed by atoms with van der Waals surface area (Å²) in [4.78, 5) is 0. The molecule has 1 atom stereocenters. The average molecular weight is 251 g/mol. The quantitative estimate of drug-likeness (QED) is 0.741. The Hall–Kier alpha value is -1.86. The molecule has 0 radical (unpaired) electrons. The van der Waals surface area contributed by atoms with Gasteiger partial charge in [0.2, 0.25) is 0 Å². The summed E-state index contributed by atoms with van der Waals surface area (Å²) in [6.07, 6.45) is 2.93. The number of benzene rings is 2. The van der Waals surface area contributed by atoms with E-state index >= 15 is 0 Å². The highest BCUT2D eigenvalue weighted by molar-refractivity contribution is 5.63. The van der Waals surface area contributed by atoms with Crippen LogP contribution in [0.2, 0.25) is 0 Å². The van der Waals surface area contributed by atoms with Gasteiger partial charge in [0.25, 0.3) is 0 Å². The van der Waals surface area contributed by atoms with Crippen molar-refractivity contribution in [2.75, 3.05) is 6.54 Å². The van der Waals surface area contributed by atoms with Gasteiger partial charge in [0.05, 0.1) is 0 Å². The molecule has 1 N–H and O–H groups in total. The molecule has 0 amide bonds. The zero-order chi connectivity index (χ0) is 13.5. The van der Waals surface area contributed by atoms with Crippen LogP contribution < -0.4 is 5.32 Å². The molecule has 0 aliphatic heterocycles. The molecule has 0 aliphatic rings. The normalized spacial score (nSPS) is 12.1. The standard InChI is InChI=1S/C18H21N/c1-3-8-18(19-4-2)17-13-11-16(12-14-17)15-9-6-5-7-10-15/h3,5-7,9-14,18-19H,1,4,8H2,2H3. The van der Waals surface area contributed by atoms with Gasteiger partial charge in [-0.3, -0.25) is 0 Å². The summed E-state index contributed by atoms with van der Waals surface area (Å²) in [5.41, 5.74) is 3.84. The second-order valence-electron chi connectivity index (χ2n) is 4.62. The minimum absolute atomic E-state index is 0.368. The minimum Gasteiger partial charge on any atom is -0.310 e. The van der Waals surface area contributed by atoms with Crippen molar-refractivity contribution in [3.63, 3.8) is 0 Å². The highest BCUT2D eigenvalue weighted by atomic mass is 14.9. The molecule has 0 heterocycles. The SMILES string of the molecule is C=CCC(NCC)c1ccc(-c2ccccc2)cc1. The third-order valence-corrected chi connectivity index (χ3v) is 3.27. The molecule has 0 aliphatic carbocycles. The van der Waals surface area contributed by atoms with Crippen LogP contribution in [0.25, 0.3) is 11.1 Å². The number of nitrogens with one attached hydrogen (secondary N) is 1. The first-order chi connectivity index (χ1) is 9.35. The van der Waals surface area contributed by atoms with E-state index in [2.05, 4.69) is 67.4 Å². The molecule has 0 bridgehead atoms. The van der Waals surface area contributed by atoms with Crippen LogP contribution in [0.15, 0.2) is 67.3 Å². The van der Waals surface area contributed by atoms with Gasteiger partial charge in [0, 0.05) is 6.04 Å². The van der Waals surface area contributed by atoms with Crippen LogP contribution >= 0.6 is 0 Å². The number of hydrogen-bond donors (Lipinski definition) is 1. The predicted molar refractivity (Wildman–Crippen MR) is 83.1 cm³/mol. The van der Waals surface area contributed by atoms with Gasteiger partial charge in [-0.05, 0) is 29.7 Å². The molecule has 0 aromatic heterocycles. The van der Waals surface area contributed by atoms with Crippen molar-refractivity contribution in [2.45, 2.75) is 19.4 Å². The second-order valence-corrected chi connectivity index (χ2v) is 4.62. The van der Waals surface area contributed by atoms with E-state index in [1.54, 1.807) is 0 Å². The molecule has 98 valence electrons. The Morgan fingerprint density at radius 2 is 1.63 bits per heavy atom. The highest BCUT2D eigenvalue weighted by Gasteiger charge is 2.08. The maximum atomic E-state index is 3.83. The van der Waals surface area contributed by atoms with Gasteiger partial charge < -0.3 is 5.32 Å². The van der Waals surface area contributed by atoms with Crippen LogP contribution in [0.4, 0.5) is 0 Å². The third-order valence-electron chi connectivity index (χ3n) is 3.27. The maximum absolute atomic E-state index is 3.83. The maximum Gasteiger partial charge on any atom is 0.0354 e. The summed E-state index contributed by atoms with van der Waals surface area (Å²) in [5, 5.41) is 3.49. The van der Waals surface area contributed by atoms with Crippen LogP contribution in [0.3, 0.4) is 0 Å². The summed E-state index contributed by atoms with van der Waals surface area (Å²) >= 11 is 0. The smallest absolute Gasteiger partial charge is 0.0354 e. The van der Waals surface area contributed by atoms with Gasteiger partial charge in [0.1, 0.15) is 0 Å². The van der Waals surface area contributed by atoms with Gasteiger partial charge in [-0.2, -0.15) is 0 Å². The van der Waals surface area contributed by atoms with E-state index in [9.17, 15) is 0 Å². The van der Waals surface area contributed by atoms with E-state index in [0.29, 0.717) is 6.04 Å². The number of rotatable bonds is 6. The van der Waals surface area contributed by atoms with Crippen molar-refractivity contribution in [3.05, 3.63) is 72.8 Å². The first-order valence-electron chi connectivity index (χ1n) is 6.84. The van der Waals surface area contributed by atoms with Crippen LogP contribution in [-0.2, 0) is 0 Å². The summed E-state index contributed by atoms with van der Waals surface area (Å²) in [6, 6.07) is 19.6. The van der Waals surface area contributed by atoms with Gasteiger partial charge in [-0.1, -0.05) is 67.6 Å². The molecule has 2 rings (SSSR count). The van der Waals surface area contributed by atoms with Crippen molar-refractivity contribution >= 4 is 0 Å². The first kappa shape index (κ1) is 13.6. The summed E-state index contributed by atoms with van der Waals surface area (Å²) < 4.78 is 0. The second kappa shape index (κ2) is 6.91. The molecule has 2 aromatic carbocycles. The fourth-order valence-electron chi connectivity index (χ4n) is 2.29. The molecule has 0 fully saturated rings. The zero-order valence-electron chi connectivity index (χ0n) is 11.5. The van der Waals surface area contributed by atoms with Gasteiger partial charge >= 0.3 is 0 Å². The summed E-state index contributed by atoms with van der Waals surface area (Å²) in [5.74, 6) is 0. The zero-order valence-corrected chi connectivity index (χ0v) is 11.5. The van der Waals surface area contributed by atoms with Gasteiger partial charge in [-0.15, -0.1) is 6.58 Å². The molecule has 0 saturated heterocycles. The van der Waals surface area contributed by atoms with Crippen LogP contribution in [0, 0.1) is 0 Å². The van der Waals surface area contributed by atoms with Crippen molar-refractivity contribution in [3.8, 4) is 11.1 Å². The molecule has 2 aromatic rings. The van der Waals surface area contributed by atoms with Crippen LogP contribution in [0.5, 0.6) is 0 Å². The Morgan fingerprint density at radius 3 is 2.21 bits per heavy atom. The highest BCUT2D eigenvalue weighted by Crippen LogP contribution is 2.23. The molecular weight excluding hydrogens is 230 g/mol. The van der Waals surface area contributed by atoms with E-state index in [1.165, 1.54) is 16.7 Å². The lowest BCUT2D eigenvalue weighted by Gasteiger charge is -2.17. The molecule has 1 nitrogen and oxygen atoms in total. The van der Waals surface area contributed by atoms with Crippen molar-refractivity contribution in [1.82, 2.24) is 5.32 Å². The largest absolute Gasteiger partial charge is 0.310 e.